The summed E-state index contributed by atoms with van der Waals surface area (Å²) < 4.78 is 0. The van der Waals surface area contributed by atoms with E-state index in [-0.39, 0.29) is 6.04 Å². The summed E-state index contributed by atoms with van der Waals surface area (Å²) >= 11 is 0. The van der Waals surface area contributed by atoms with E-state index in [1.54, 1.807) is 0 Å². The lowest BCUT2D eigenvalue weighted by atomic mass is 10.1. The number of amides is 1. The molecule has 2 aliphatic heterocycles. The average molecular weight is 239 g/mol. The van der Waals surface area contributed by atoms with Crippen molar-refractivity contribution in [3.05, 3.63) is 0 Å². The third kappa shape index (κ3) is 2.80. The number of carbonyl (C=O) groups is 1. The lowest BCUT2D eigenvalue weighted by Crippen LogP contribution is -2.51. The van der Waals surface area contributed by atoms with Crippen molar-refractivity contribution in [3.63, 3.8) is 0 Å². The highest BCUT2D eigenvalue weighted by molar-refractivity contribution is 5.81. The molecule has 0 aliphatic carbocycles. The zero-order valence-corrected chi connectivity index (χ0v) is 11.1. The molecule has 0 saturated carbocycles. The first-order valence-electron chi connectivity index (χ1n) is 6.99. The molecule has 2 unspecified atom stereocenters. The molecule has 2 atom stereocenters. The highest BCUT2D eigenvalue weighted by atomic mass is 16.2. The zero-order valence-electron chi connectivity index (χ0n) is 11.1. The number of rotatable bonds is 4. The molecule has 2 saturated heterocycles. The second-order valence-corrected chi connectivity index (χ2v) is 5.19. The van der Waals surface area contributed by atoms with E-state index in [0.29, 0.717) is 11.9 Å². The Morgan fingerprint density at radius 2 is 2.18 bits per heavy atom. The Morgan fingerprint density at radius 3 is 2.71 bits per heavy atom. The first-order valence-corrected chi connectivity index (χ1v) is 6.99. The second-order valence-electron chi connectivity index (χ2n) is 5.19. The Balaban J connectivity index is 1.95. The Bertz CT molecular complexity index is 257. The number of hydrogen-bond donors (Lipinski definition) is 1. The van der Waals surface area contributed by atoms with Crippen molar-refractivity contribution in [2.24, 2.45) is 0 Å². The zero-order chi connectivity index (χ0) is 12.3. The van der Waals surface area contributed by atoms with Gasteiger partial charge in [-0.25, -0.2) is 0 Å². The molecule has 17 heavy (non-hydrogen) atoms. The summed E-state index contributed by atoms with van der Waals surface area (Å²) in [6.07, 6.45) is 3.52. The van der Waals surface area contributed by atoms with Crippen molar-refractivity contribution in [3.8, 4) is 0 Å². The molecular formula is C13H25N3O. The van der Waals surface area contributed by atoms with Crippen LogP contribution in [0.25, 0.3) is 0 Å². The van der Waals surface area contributed by atoms with Crippen LogP contribution in [0.3, 0.4) is 0 Å². The van der Waals surface area contributed by atoms with Gasteiger partial charge < -0.3 is 10.2 Å². The van der Waals surface area contributed by atoms with E-state index in [1.165, 1.54) is 19.3 Å². The van der Waals surface area contributed by atoms with Crippen LogP contribution in [-0.4, -0.2) is 60.5 Å². The van der Waals surface area contributed by atoms with Crippen molar-refractivity contribution in [1.29, 1.82) is 0 Å². The normalized spacial score (nSPS) is 26.8. The third-order valence-electron chi connectivity index (χ3n) is 4.14. The van der Waals surface area contributed by atoms with Crippen molar-refractivity contribution in [1.82, 2.24) is 15.1 Å². The number of nitrogens with zero attached hydrogens (tertiary/aromatic N) is 2. The van der Waals surface area contributed by atoms with Gasteiger partial charge >= 0.3 is 0 Å². The van der Waals surface area contributed by atoms with Gasteiger partial charge in [0.2, 0.25) is 5.91 Å². The summed E-state index contributed by atoms with van der Waals surface area (Å²) in [7, 11) is 0. The van der Waals surface area contributed by atoms with E-state index >= 15 is 0 Å². The number of hydrogen-bond acceptors (Lipinski definition) is 3. The lowest BCUT2D eigenvalue weighted by Gasteiger charge is -2.34. The molecule has 0 bridgehead atoms. The fourth-order valence-electron chi connectivity index (χ4n) is 3.11. The third-order valence-corrected chi connectivity index (χ3v) is 4.14. The van der Waals surface area contributed by atoms with E-state index in [9.17, 15) is 4.79 Å². The van der Waals surface area contributed by atoms with E-state index in [2.05, 4.69) is 24.1 Å². The van der Waals surface area contributed by atoms with E-state index < -0.39 is 0 Å². The van der Waals surface area contributed by atoms with Crippen LogP contribution in [0.4, 0.5) is 0 Å². The van der Waals surface area contributed by atoms with E-state index in [4.69, 9.17) is 0 Å². The van der Waals surface area contributed by atoms with Crippen LogP contribution in [0.5, 0.6) is 0 Å². The summed E-state index contributed by atoms with van der Waals surface area (Å²) in [6.45, 7) is 9.24. The molecule has 2 heterocycles. The van der Waals surface area contributed by atoms with Crippen LogP contribution in [0, 0.1) is 0 Å². The van der Waals surface area contributed by atoms with Gasteiger partial charge in [-0.3, -0.25) is 9.69 Å². The number of likely N-dealkylation sites (tertiary alicyclic amines) is 1. The van der Waals surface area contributed by atoms with Crippen LogP contribution < -0.4 is 5.32 Å². The van der Waals surface area contributed by atoms with Gasteiger partial charge in [0.1, 0.15) is 0 Å². The molecule has 1 N–H and O–H groups in total. The summed E-state index contributed by atoms with van der Waals surface area (Å²) in [4.78, 5) is 16.8. The topological polar surface area (TPSA) is 35.6 Å². The second kappa shape index (κ2) is 5.83. The van der Waals surface area contributed by atoms with E-state index in [0.717, 1.165) is 32.7 Å². The molecule has 0 radical (unpaired) electrons. The maximum atomic E-state index is 12.4. The highest BCUT2D eigenvalue weighted by Gasteiger charge is 2.31. The Morgan fingerprint density at radius 1 is 1.47 bits per heavy atom. The van der Waals surface area contributed by atoms with Gasteiger partial charge in [0.05, 0.1) is 6.04 Å². The molecule has 0 spiro atoms. The minimum Gasteiger partial charge on any atom is -0.341 e. The van der Waals surface area contributed by atoms with Crippen LogP contribution in [0.15, 0.2) is 0 Å². The Hall–Kier alpha value is -0.610. The largest absolute Gasteiger partial charge is 0.341 e. The number of nitrogens with one attached hydrogen (secondary N) is 1. The van der Waals surface area contributed by atoms with E-state index in [1.807, 2.05) is 4.90 Å². The van der Waals surface area contributed by atoms with Crippen LogP contribution >= 0.6 is 0 Å². The minimum absolute atomic E-state index is 0.0444. The maximum absolute atomic E-state index is 12.4. The van der Waals surface area contributed by atoms with Gasteiger partial charge in [-0.2, -0.15) is 0 Å². The molecule has 2 fully saturated rings. The smallest absolute Gasteiger partial charge is 0.239 e. The van der Waals surface area contributed by atoms with Crippen LogP contribution in [-0.2, 0) is 4.79 Å². The summed E-state index contributed by atoms with van der Waals surface area (Å²) in [5.74, 6) is 0.330. The molecule has 4 nitrogen and oxygen atoms in total. The average Bonchev–Trinajstić information content (AvgIpc) is 3.01. The molecule has 2 aliphatic rings. The maximum Gasteiger partial charge on any atom is 0.239 e. The molecule has 0 aromatic carbocycles. The van der Waals surface area contributed by atoms with Gasteiger partial charge in [0, 0.05) is 25.7 Å². The van der Waals surface area contributed by atoms with Crippen molar-refractivity contribution in [2.45, 2.75) is 45.2 Å². The van der Waals surface area contributed by atoms with Gasteiger partial charge in [0.25, 0.3) is 0 Å². The van der Waals surface area contributed by atoms with Gasteiger partial charge in [-0.05, 0) is 39.3 Å². The molecule has 2 rings (SSSR count). The first kappa shape index (κ1) is 12.8. The molecule has 0 aromatic heterocycles. The number of carbonyl (C=O) groups excluding carboxylic acids is 1. The molecule has 1 amide bonds. The minimum atomic E-state index is 0.0444. The monoisotopic (exact) mass is 239 g/mol. The Kier molecular flexibility index (Phi) is 4.40. The van der Waals surface area contributed by atoms with Crippen molar-refractivity contribution >= 4 is 5.91 Å². The van der Waals surface area contributed by atoms with Gasteiger partial charge in [-0.1, -0.05) is 6.92 Å². The first-order chi connectivity index (χ1) is 8.24. The van der Waals surface area contributed by atoms with Crippen molar-refractivity contribution < 1.29 is 4.79 Å². The Labute approximate surface area is 104 Å². The van der Waals surface area contributed by atoms with Gasteiger partial charge in [-0.15, -0.1) is 0 Å². The predicted molar refractivity (Wildman–Crippen MR) is 68.9 cm³/mol. The van der Waals surface area contributed by atoms with Gasteiger partial charge in [0.15, 0.2) is 0 Å². The quantitative estimate of drug-likeness (QED) is 0.784. The van der Waals surface area contributed by atoms with Crippen molar-refractivity contribution in [2.75, 3.05) is 32.7 Å². The fraction of sp³-hybridized carbons (Fsp3) is 0.923. The SMILES string of the molecule is CCN(C1CCNC1)C(C)C(=O)N1CCCC1. The highest BCUT2D eigenvalue weighted by Crippen LogP contribution is 2.16. The number of likely N-dealkylation sites (N-methyl/N-ethyl adjacent to an activating group) is 1. The molecule has 0 aromatic rings. The molecular weight excluding hydrogens is 214 g/mol. The standard InChI is InChI=1S/C13H25N3O/c1-3-16(12-6-7-14-10-12)11(2)13(17)15-8-4-5-9-15/h11-12,14H,3-10H2,1-2H3. The summed E-state index contributed by atoms with van der Waals surface area (Å²) in [5, 5.41) is 3.38. The summed E-state index contributed by atoms with van der Waals surface area (Å²) in [6, 6.07) is 0.588. The van der Waals surface area contributed by atoms with Crippen LogP contribution in [0.2, 0.25) is 0 Å². The van der Waals surface area contributed by atoms with Crippen LogP contribution in [0.1, 0.15) is 33.1 Å². The molecule has 98 valence electrons. The predicted octanol–water partition coefficient (Wildman–Crippen LogP) is 0.681. The lowest BCUT2D eigenvalue weighted by molar-refractivity contribution is -0.136. The summed E-state index contributed by atoms with van der Waals surface area (Å²) in [5.41, 5.74) is 0. The molecule has 4 heteroatoms. The fourth-order valence-corrected chi connectivity index (χ4v) is 3.11.